The van der Waals surface area contributed by atoms with Gasteiger partial charge in [-0.1, -0.05) is 23.2 Å². The van der Waals surface area contributed by atoms with Crippen LogP contribution >= 0.6 is 23.2 Å². The van der Waals surface area contributed by atoms with E-state index in [0.717, 1.165) is 19.3 Å². The monoisotopic (exact) mass is 263 g/mol. The van der Waals surface area contributed by atoms with Crippen LogP contribution in [0.1, 0.15) is 19.3 Å². The summed E-state index contributed by atoms with van der Waals surface area (Å²) in [6, 6.07) is 2.89. The van der Waals surface area contributed by atoms with Gasteiger partial charge in [0.2, 0.25) is 0 Å². The van der Waals surface area contributed by atoms with Gasteiger partial charge in [-0.3, -0.25) is 0 Å². The molecule has 0 amide bonds. The molecule has 0 unspecified atom stereocenters. The van der Waals surface area contributed by atoms with Gasteiger partial charge in [0.1, 0.15) is 0 Å². The van der Waals surface area contributed by atoms with Gasteiger partial charge in [-0.2, -0.15) is 0 Å². The Balaban J connectivity index is 2.45. The lowest BCUT2D eigenvalue weighted by atomic mass is 10.2. The molecule has 0 spiro atoms. The third-order valence-corrected chi connectivity index (χ3v) is 2.83. The zero-order chi connectivity index (χ0) is 12.0. The molecule has 0 aliphatic rings. The predicted octanol–water partition coefficient (Wildman–Crippen LogP) is 3.21. The summed E-state index contributed by atoms with van der Waals surface area (Å²) < 4.78 is 5.39. The maximum atomic E-state index is 9.53. The maximum absolute atomic E-state index is 9.53. The zero-order valence-corrected chi connectivity index (χ0v) is 10.4. The SMILES string of the molecule is NCCCCCOc1cc(Cl)c(Cl)cc1O. The lowest BCUT2D eigenvalue weighted by Crippen LogP contribution is -2.01. The molecule has 0 aliphatic carbocycles. The molecule has 0 radical (unpaired) electrons. The van der Waals surface area contributed by atoms with E-state index in [-0.39, 0.29) is 5.75 Å². The van der Waals surface area contributed by atoms with E-state index >= 15 is 0 Å². The van der Waals surface area contributed by atoms with E-state index in [1.165, 1.54) is 12.1 Å². The van der Waals surface area contributed by atoms with Crippen LogP contribution in [0.4, 0.5) is 0 Å². The van der Waals surface area contributed by atoms with Crippen molar-refractivity contribution < 1.29 is 9.84 Å². The third-order valence-electron chi connectivity index (χ3n) is 2.11. The fourth-order valence-corrected chi connectivity index (χ4v) is 1.55. The van der Waals surface area contributed by atoms with Crippen LogP contribution in [0.3, 0.4) is 0 Å². The Morgan fingerprint density at radius 1 is 1.12 bits per heavy atom. The van der Waals surface area contributed by atoms with Gasteiger partial charge in [-0.05, 0) is 25.8 Å². The summed E-state index contributed by atoms with van der Waals surface area (Å²) >= 11 is 11.5. The van der Waals surface area contributed by atoms with Gasteiger partial charge in [0, 0.05) is 12.1 Å². The molecule has 0 bridgehead atoms. The Morgan fingerprint density at radius 2 is 1.81 bits per heavy atom. The molecule has 90 valence electrons. The molecule has 1 aromatic rings. The van der Waals surface area contributed by atoms with E-state index in [0.29, 0.717) is 28.9 Å². The van der Waals surface area contributed by atoms with Crippen LogP contribution in [0.25, 0.3) is 0 Å². The lowest BCUT2D eigenvalue weighted by molar-refractivity contribution is 0.290. The largest absolute Gasteiger partial charge is 0.504 e. The van der Waals surface area contributed by atoms with Crippen LogP contribution in [0, 0.1) is 0 Å². The number of hydrogen-bond acceptors (Lipinski definition) is 3. The lowest BCUT2D eigenvalue weighted by Gasteiger charge is -2.08. The summed E-state index contributed by atoms with van der Waals surface area (Å²) in [5.41, 5.74) is 5.37. The van der Waals surface area contributed by atoms with Gasteiger partial charge in [0.05, 0.1) is 16.7 Å². The molecular weight excluding hydrogens is 249 g/mol. The summed E-state index contributed by atoms with van der Waals surface area (Å²) in [4.78, 5) is 0. The summed E-state index contributed by atoms with van der Waals surface area (Å²) in [6.07, 6.45) is 2.90. The summed E-state index contributed by atoms with van der Waals surface area (Å²) in [7, 11) is 0. The molecule has 1 aromatic carbocycles. The molecule has 16 heavy (non-hydrogen) atoms. The van der Waals surface area contributed by atoms with E-state index in [1.807, 2.05) is 0 Å². The van der Waals surface area contributed by atoms with E-state index < -0.39 is 0 Å². The first-order valence-corrected chi connectivity index (χ1v) is 5.91. The smallest absolute Gasteiger partial charge is 0.162 e. The molecule has 0 fully saturated rings. The Bertz CT molecular complexity index is 345. The Labute approximate surface area is 105 Å². The Kier molecular flexibility index (Phi) is 5.74. The van der Waals surface area contributed by atoms with E-state index in [4.69, 9.17) is 33.7 Å². The molecule has 3 nitrogen and oxygen atoms in total. The molecule has 0 saturated carbocycles. The first-order chi connectivity index (χ1) is 7.65. The summed E-state index contributed by atoms with van der Waals surface area (Å²) in [5.74, 6) is 0.371. The number of phenols is 1. The van der Waals surface area contributed by atoms with Crippen LogP contribution < -0.4 is 10.5 Å². The third kappa shape index (κ3) is 4.08. The van der Waals surface area contributed by atoms with E-state index in [1.54, 1.807) is 0 Å². The Morgan fingerprint density at radius 3 is 2.50 bits per heavy atom. The number of halogens is 2. The molecule has 0 saturated heterocycles. The quantitative estimate of drug-likeness (QED) is 0.776. The van der Waals surface area contributed by atoms with Crippen molar-refractivity contribution in [2.75, 3.05) is 13.2 Å². The average molecular weight is 264 g/mol. The van der Waals surface area contributed by atoms with Gasteiger partial charge >= 0.3 is 0 Å². The Hall–Kier alpha value is -0.640. The first kappa shape index (κ1) is 13.4. The van der Waals surface area contributed by atoms with E-state index in [2.05, 4.69) is 0 Å². The molecule has 0 aromatic heterocycles. The van der Waals surface area contributed by atoms with Gasteiger partial charge in [-0.15, -0.1) is 0 Å². The second-order valence-electron chi connectivity index (χ2n) is 3.43. The highest BCUT2D eigenvalue weighted by Crippen LogP contribution is 2.35. The van der Waals surface area contributed by atoms with Crippen molar-refractivity contribution in [3.8, 4) is 11.5 Å². The predicted molar refractivity (Wildman–Crippen MR) is 66.5 cm³/mol. The van der Waals surface area contributed by atoms with Crippen LogP contribution in [0.15, 0.2) is 12.1 Å². The number of rotatable bonds is 6. The molecule has 3 N–H and O–H groups in total. The highest BCUT2D eigenvalue weighted by Gasteiger charge is 2.07. The van der Waals surface area contributed by atoms with Crippen molar-refractivity contribution in [2.24, 2.45) is 5.73 Å². The molecule has 0 heterocycles. The van der Waals surface area contributed by atoms with Crippen LogP contribution in [0.2, 0.25) is 10.0 Å². The molecular formula is C11H15Cl2NO2. The number of benzene rings is 1. The molecule has 0 atom stereocenters. The highest BCUT2D eigenvalue weighted by atomic mass is 35.5. The number of phenolic OH excluding ortho intramolecular Hbond substituents is 1. The average Bonchev–Trinajstić information content (AvgIpc) is 2.25. The molecule has 1 rings (SSSR count). The van der Waals surface area contributed by atoms with Gasteiger partial charge < -0.3 is 15.6 Å². The topological polar surface area (TPSA) is 55.5 Å². The maximum Gasteiger partial charge on any atom is 0.162 e. The van der Waals surface area contributed by atoms with Crippen molar-refractivity contribution in [3.63, 3.8) is 0 Å². The van der Waals surface area contributed by atoms with Crippen molar-refractivity contribution in [2.45, 2.75) is 19.3 Å². The number of ether oxygens (including phenoxy) is 1. The fourth-order valence-electron chi connectivity index (χ4n) is 1.24. The van der Waals surface area contributed by atoms with E-state index in [9.17, 15) is 5.11 Å². The second kappa shape index (κ2) is 6.84. The zero-order valence-electron chi connectivity index (χ0n) is 8.88. The number of nitrogens with two attached hydrogens (primary N) is 1. The molecule has 0 aliphatic heterocycles. The number of unbranched alkanes of at least 4 members (excludes halogenated alkanes) is 2. The first-order valence-electron chi connectivity index (χ1n) is 5.16. The van der Waals surface area contributed by atoms with Crippen molar-refractivity contribution >= 4 is 23.2 Å². The van der Waals surface area contributed by atoms with Gasteiger partial charge in [0.25, 0.3) is 0 Å². The van der Waals surface area contributed by atoms with Crippen molar-refractivity contribution in [1.82, 2.24) is 0 Å². The van der Waals surface area contributed by atoms with Crippen molar-refractivity contribution in [1.29, 1.82) is 0 Å². The minimum atomic E-state index is 0.00762. The van der Waals surface area contributed by atoms with Crippen LogP contribution in [-0.2, 0) is 0 Å². The molecule has 5 heteroatoms. The van der Waals surface area contributed by atoms with Crippen molar-refractivity contribution in [3.05, 3.63) is 22.2 Å². The second-order valence-corrected chi connectivity index (χ2v) is 4.25. The summed E-state index contributed by atoms with van der Waals surface area (Å²) in [5, 5.41) is 10.2. The fraction of sp³-hybridized carbons (Fsp3) is 0.455. The minimum absolute atomic E-state index is 0.00762. The highest BCUT2D eigenvalue weighted by molar-refractivity contribution is 6.42. The standard InChI is InChI=1S/C11H15Cl2NO2/c12-8-6-10(15)11(7-9(8)13)16-5-3-1-2-4-14/h6-7,15H,1-5,14H2. The normalized spacial score (nSPS) is 10.4. The number of aromatic hydroxyl groups is 1. The van der Waals surface area contributed by atoms with Gasteiger partial charge in [0.15, 0.2) is 11.5 Å². The van der Waals surface area contributed by atoms with Gasteiger partial charge in [-0.25, -0.2) is 0 Å². The summed E-state index contributed by atoms with van der Waals surface area (Å²) in [6.45, 7) is 1.23. The number of hydrogen-bond donors (Lipinski definition) is 2. The van der Waals surface area contributed by atoms with Crippen LogP contribution in [0.5, 0.6) is 11.5 Å². The van der Waals surface area contributed by atoms with Crippen LogP contribution in [-0.4, -0.2) is 18.3 Å². The minimum Gasteiger partial charge on any atom is -0.504 e.